The second-order valence-corrected chi connectivity index (χ2v) is 10.1. The van der Waals surface area contributed by atoms with Crippen molar-refractivity contribution in [1.82, 2.24) is 0 Å². The normalized spacial score (nSPS) is 27.4. The molecule has 2 N–H and O–H groups in total. The fourth-order valence-corrected chi connectivity index (χ4v) is 6.71. The molecule has 3 aromatic carbocycles. The van der Waals surface area contributed by atoms with E-state index in [9.17, 15) is 4.79 Å². The fraction of sp³-hybridized carbons (Fsp3) is 0.321. The van der Waals surface area contributed by atoms with Crippen LogP contribution in [0, 0.1) is 24.7 Å². The molecule has 2 bridgehead atoms. The molecule has 1 amide bonds. The molecule has 0 spiro atoms. The van der Waals surface area contributed by atoms with Gasteiger partial charge in [0.05, 0.1) is 6.04 Å². The number of carbonyl (C=O) groups is 1. The van der Waals surface area contributed by atoms with Gasteiger partial charge in [0.2, 0.25) is 0 Å². The molecule has 2 saturated carbocycles. The molecule has 1 heterocycles. The molecule has 3 aliphatic rings. The van der Waals surface area contributed by atoms with E-state index in [1.165, 1.54) is 36.1 Å². The quantitative estimate of drug-likeness (QED) is 0.450. The van der Waals surface area contributed by atoms with Crippen molar-refractivity contribution in [1.29, 1.82) is 0 Å². The van der Waals surface area contributed by atoms with Gasteiger partial charge in [0.1, 0.15) is 0 Å². The highest BCUT2D eigenvalue weighted by atomic mass is 35.5. The summed E-state index contributed by atoms with van der Waals surface area (Å²) < 4.78 is 0. The number of rotatable bonds is 3. The van der Waals surface area contributed by atoms with Gasteiger partial charge in [0.15, 0.2) is 0 Å². The van der Waals surface area contributed by atoms with E-state index in [1.807, 2.05) is 31.2 Å². The number of fused-ring (bicyclic) bond motifs is 7. The second-order valence-electron chi connectivity index (χ2n) is 9.68. The van der Waals surface area contributed by atoms with Crippen LogP contribution in [0.25, 0.3) is 0 Å². The summed E-state index contributed by atoms with van der Waals surface area (Å²) in [7, 11) is 0. The molecule has 5 atom stereocenters. The summed E-state index contributed by atoms with van der Waals surface area (Å²) in [5.74, 6) is 2.53. The lowest BCUT2D eigenvalue weighted by atomic mass is 9.68. The number of benzene rings is 3. The van der Waals surface area contributed by atoms with Gasteiger partial charge in [-0.05, 0) is 96.9 Å². The minimum Gasteiger partial charge on any atom is -0.378 e. The number of anilines is 2. The maximum atomic E-state index is 13.1. The van der Waals surface area contributed by atoms with Crippen LogP contribution in [0.4, 0.5) is 11.4 Å². The highest BCUT2D eigenvalue weighted by molar-refractivity contribution is 6.31. The van der Waals surface area contributed by atoms with Gasteiger partial charge in [0, 0.05) is 22.0 Å². The first kappa shape index (κ1) is 19.9. The molecule has 2 fully saturated rings. The zero-order valence-corrected chi connectivity index (χ0v) is 18.9. The number of amides is 1. The van der Waals surface area contributed by atoms with Crippen molar-refractivity contribution in [3.05, 3.63) is 94.0 Å². The molecule has 32 heavy (non-hydrogen) atoms. The number of halogens is 1. The Morgan fingerprint density at radius 1 is 1.00 bits per heavy atom. The Balaban J connectivity index is 1.35. The lowest BCUT2D eigenvalue weighted by Gasteiger charge is -2.43. The Bertz CT molecular complexity index is 1190. The van der Waals surface area contributed by atoms with E-state index in [2.05, 4.69) is 53.1 Å². The van der Waals surface area contributed by atoms with Crippen LogP contribution < -0.4 is 10.6 Å². The lowest BCUT2D eigenvalue weighted by molar-refractivity contribution is 0.102. The van der Waals surface area contributed by atoms with E-state index in [0.717, 1.165) is 23.1 Å². The fourth-order valence-electron chi connectivity index (χ4n) is 6.54. The SMILES string of the molecule is Cc1ccc(Cl)cc1NC(=O)c1ccc2c(c1)[C@@H]1[C@H]3CC[C@@H](C3)[C@H]1[C@@H](c1ccccc1)N2. The Hall–Kier alpha value is -2.78. The number of carbonyl (C=O) groups excluding carboxylic acids is 1. The molecule has 2 aliphatic carbocycles. The van der Waals surface area contributed by atoms with Gasteiger partial charge >= 0.3 is 0 Å². The Morgan fingerprint density at radius 3 is 2.66 bits per heavy atom. The zero-order valence-electron chi connectivity index (χ0n) is 18.1. The zero-order chi connectivity index (χ0) is 21.8. The van der Waals surface area contributed by atoms with Gasteiger partial charge < -0.3 is 10.6 Å². The largest absolute Gasteiger partial charge is 0.378 e. The number of aryl methyl sites for hydroxylation is 1. The minimum atomic E-state index is -0.0805. The molecule has 6 rings (SSSR count). The summed E-state index contributed by atoms with van der Waals surface area (Å²) >= 11 is 6.14. The molecule has 0 unspecified atom stereocenters. The number of hydrogen-bond donors (Lipinski definition) is 2. The van der Waals surface area contributed by atoms with Gasteiger partial charge in [0.25, 0.3) is 5.91 Å². The van der Waals surface area contributed by atoms with E-state index < -0.39 is 0 Å². The molecule has 1 aliphatic heterocycles. The average Bonchev–Trinajstić information content (AvgIpc) is 3.44. The molecule has 162 valence electrons. The van der Waals surface area contributed by atoms with Crippen LogP contribution in [0.5, 0.6) is 0 Å². The van der Waals surface area contributed by atoms with Gasteiger partial charge in [-0.25, -0.2) is 0 Å². The van der Waals surface area contributed by atoms with E-state index >= 15 is 0 Å². The summed E-state index contributed by atoms with van der Waals surface area (Å²) in [5.41, 5.74) is 6.36. The monoisotopic (exact) mass is 442 g/mol. The summed E-state index contributed by atoms with van der Waals surface area (Å²) in [5, 5.41) is 7.53. The Labute approximate surface area is 194 Å². The van der Waals surface area contributed by atoms with E-state index in [0.29, 0.717) is 28.5 Å². The van der Waals surface area contributed by atoms with Crippen LogP contribution in [-0.2, 0) is 0 Å². The second kappa shape index (κ2) is 7.67. The van der Waals surface area contributed by atoms with Crippen molar-refractivity contribution in [2.24, 2.45) is 17.8 Å². The predicted octanol–water partition coefficient (Wildman–Crippen LogP) is 7.20. The highest BCUT2D eigenvalue weighted by Crippen LogP contribution is 2.63. The van der Waals surface area contributed by atoms with Crippen molar-refractivity contribution in [3.63, 3.8) is 0 Å². The van der Waals surface area contributed by atoms with Crippen LogP contribution in [0.2, 0.25) is 5.02 Å². The summed E-state index contributed by atoms with van der Waals surface area (Å²) in [6, 6.07) is 23.0. The maximum absolute atomic E-state index is 13.1. The van der Waals surface area contributed by atoms with E-state index in [4.69, 9.17) is 11.6 Å². The maximum Gasteiger partial charge on any atom is 0.255 e. The highest BCUT2D eigenvalue weighted by Gasteiger charge is 2.53. The molecule has 0 aromatic heterocycles. The molecular weight excluding hydrogens is 416 g/mol. The molecule has 0 saturated heterocycles. The van der Waals surface area contributed by atoms with Crippen LogP contribution in [0.15, 0.2) is 66.7 Å². The van der Waals surface area contributed by atoms with Crippen molar-refractivity contribution >= 4 is 28.9 Å². The van der Waals surface area contributed by atoms with Gasteiger partial charge in [-0.1, -0.05) is 48.0 Å². The first-order valence-electron chi connectivity index (χ1n) is 11.6. The predicted molar refractivity (Wildman–Crippen MR) is 130 cm³/mol. The standard InChI is InChI=1S/C28H27ClN2O/c1-16-7-11-21(29)15-24(16)31-28(32)20-10-12-23-22(14-20)25-18-8-9-19(13-18)26(25)27(30-23)17-5-3-2-4-6-17/h2-7,10-12,14-15,18-19,25-27,30H,8-9,13H2,1H3,(H,31,32)/t18-,19-,25-,26+,27+/m0/s1. The molecule has 4 heteroatoms. The van der Waals surface area contributed by atoms with Crippen molar-refractivity contribution in [2.75, 3.05) is 10.6 Å². The Morgan fingerprint density at radius 2 is 1.81 bits per heavy atom. The smallest absolute Gasteiger partial charge is 0.255 e. The van der Waals surface area contributed by atoms with Crippen molar-refractivity contribution in [3.8, 4) is 0 Å². The molecule has 3 nitrogen and oxygen atoms in total. The van der Waals surface area contributed by atoms with Crippen LogP contribution >= 0.6 is 11.6 Å². The van der Waals surface area contributed by atoms with Gasteiger partial charge in [-0.2, -0.15) is 0 Å². The lowest BCUT2D eigenvalue weighted by Crippen LogP contribution is -2.35. The number of hydrogen-bond acceptors (Lipinski definition) is 2. The number of nitrogens with one attached hydrogen (secondary N) is 2. The summed E-state index contributed by atoms with van der Waals surface area (Å²) in [6.07, 6.45) is 3.96. The van der Waals surface area contributed by atoms with Gasteiger partial charge in [-0.3, -0.25) is 4.79 Å². The molecule has 3 aromatic rings. The topological polar surface area (TPSA) is 41.1 Å². The Kier molecular flexibility index (Phi) is 4.76. The van der Waals surface area contributed by atoms with E-state index in [1.54, 1.807) is 0 Å². The average molecular weight is 443 g/mol. The van der Waals surface area contributed by atoms with Crippen LogP contribution in [0.3, 0.4) is 0 Å². The van der Waals surface area contributed by atoms with E-state index in [-0.39, 0.29) is 5.91 Å². The first-order valence-corrected chi connectivity index (χ1v) is 12.0. The van der Waals surface area contributed by atoms with Crippen LogP contribution in [0.1, 0.15) is 58.3 Å². The summed E-state index contributed by atoms with van der Waals surface area (Å²) in [6.45, 7) is 1.98. The molecular formula is C28H27ClN2O. The van der Waals surface area contributed by atoms with Gasteiger partial charge in [-0.15, -0.1) is 0 Å². The minimum absolute atomic E-state index is 0.0805. The summed E-state index contributed by atoms with van der Waals surface area (Å²) in [4.78, 5) is 13.1. The van der Waals surface area contributed by atoms with Crippen molar-refractivity contribution < 1.29 is 4.79 Å². The van der Waals surface area contributed by atoms with Crippen molar-refractivity contribution in [2.45, 2.75) is 38.1 Å². The molecule has 0 radical (unpaired) electrons. The van der Waals surface area contributed by atoms with Crippen LogP contribution in [-0.4, -0.2) is 5.91 Å². The third kappa shape index (κ3) is 3.22. The first-order chi connectivity index (χ1) is 15.6. The third-order valence-corrected chi connectivity index (χ3v) is 8.19. The third-order valence-electron chi connectivity index (χ3n) is 7.96.